The highest BCUT2D eigenvalue weighted by atomic mass is 32.2. The van der Waals surface area contributed by atoms with E-state index in [0.717, 1.165) is 11.1 Å². The van der Waals surface area contributed by atoms with Crippen molar-refractivity contribution in [2.45, 2.75) is 18.4 Å². The maximum atomic E-state index is 12.6. The number of hydrogen-bond donors (Lipinski definition) is 1. The van der Waals surface area contributed by atoms with Gasteiger partial charge in [-0.1, -0.05) is 24.3 Å². The van der Waals surface area contributed by atoms with Crippen molar-refractivity contribution in [3.05, 3.63) is 89.7 Å². The largest absolute Gasteiger partial charge is 0.337 e. The number of aromatic nitrogens is 1. The van der Waals surface area contributed by atoms with Crippen LogP contribution in [0.1, 0.15) is 21.5 Å². The number of sulfonamides is 1. The molecule has 0 aliphatic heterocycles. The topological polar surface area (TPSA) is 79.4 Å². The van der Waals surface area contributed by atoms with Crippen LogP contribution in [0.5, 0.6) is 0 Å². The molecule has 28 heavy (non-hydrogen) atoms. The first kappa shape index (κ1) is 19.6. The van der Waals surface area contributed by atoms with E-state index in [-0.39, 0.29) is 10.8 Å². The number of benzene rings is 2. The molecule has 0 radical (unpaired) electrons. The fraction of sp³-hybridized carbons (Fsp3) is 0.143. The molecule has 0 unspecified atom stereocenters. The summed E-state index contributed by atoms with van der Waals surface area (Å²) >= 11 is 0. The van der Waals surface area contributed by atoms with Gasteiger partial charge in [0.05, 0.1) is 10.6 Å². The average molecular weight is 395 g/mol. The van der Waals surface area contributed by atoms with E-state index in [9.17, 15) is 13.2 Å². The van der Waals surface area contributed by atoms with Crippen LogP contribution in [0.2, 0.25) is 0 Å². The van der Waals surface area contributed by atoms with Gasteiger partial charge in [0.15, 0.2) is 0 Å². The number of rotatable bonds is 6. The molecule has 2 aromatic carbocycles. The first-order chi connectivity index (χ1) is 13.4. The molecule has 1 N–H and O–H groups in total. The van der Waals surface area contributed by atoms with E-state index in [0.29, 0.717) is 17.8 Å². The van der Waals surface area contributed by atoms with Crippen molar-refractivity contribution in [1.29, 1.82) is 0 Å². The number of nitrogens with one attached hydrogen (secondary N) is 1. The zero-order chi connectivity index (χ0) is 20.1. The van der Waals surface area contributed by atoms with Crippen molar-refractivity contribution in [1.82, 2.24) is 9.88 Å². The Bertz CT molecular complexity index is 1070. The first-order valence-corrected chi connectivity index (χ1v) is 10.2. The number of hydrogen-bond acceptors (Lipinski definition) is 4. The number of amides is 1. The lowest BCUT2D eigenvalue weighted by atomic mass is 10.2. The van der Waals surface area contributed by atoms with E-state index in [1.165, 1.54) is 24.3 Å². The van der Waals surface area contributed by atoms with Crippen molar-refractivity contribution in [3.63, 3.8) is 0 Å². The molecule has 1 heterocycles. The van der Waals surface area contributed by atoms with Gasteiger partial charge in [-0.05, 0) is 54.4 Å². The van der Waals surface area contributed by atoms with Crippen molar-refractivity contribution in [2.75, 3.05) is 11.8 Å². The Morgan fingerprint density at radius 3 is 2.39 bits per heavy atom. The number of carbonyl (C=O) groups excluding carboxylic acids is 1. The van der Waals surface area contributed by atoms with E-state index in [4.69, 9.17) is 0 Å². The van der Waals surface area contributed by atoms with Gasteiger partial charge < -0.3 is 4.90 Å². The second kappa shape index (κ2) is 8.22. The molecule has 0 atom stereocenters. The summed E-state index contributed by atoms with van der Waals surface area (Å²) < 4.78 is 27.8. The normalized spacial score (nSPS) is 11.1. The van der Waals surface area contributed by atoms with Crippen LogP contribution < -0.4 is 4.72 Å². The summed E-state index contributed by atoms with van der Waals surface area (Å²) in [5.41, 5.74) is 2.69. The molecule has 1 aromatic heterocycles. The smallest absolute Gasteiger partial charge is 0.261 e. The van der Waals surface area contributed by atoms with E-state index in [1.54, 1.807) is 36.5 Å². The van der Waals surface area contributed by atoms with E-state index in [2.05, 4.69) is 9.71 Å². The lowest BCUT2D eigenvalue weighted by molar-refractivity contribution is 0.0785. The van der Waals surface area contributed by atoms with Crippen LogP contribution in [0.25, 0.3) is 0 Å². The van der Waals surface area contributed by atoms with Crippen molar-refractivity contribution >= 4 is 21.6 Å². The number of pyridine rings is 1. The SMILES string of the molecule is Cc1ccccc1NS(=O)(=O)c1ccc(C(=O)N(C)Cc2cccnc2)cc1. The van der Waals surface area contributed by atoms with Gasteiger partial charge in [-0.15, -0.1) is 0 Å². The Kier molecular flexibility index (Phi) is 5.75. The highest BCUT2D eigenvalue weighted by Crippen LogP contribution is 2.20. The van der Waals surface area contributed by atoms with Crippen LogP contribution in [0.15, 0.2) is 78.0 Å². The Morgan fingerprint density at radius 2 is 1.75 bits per heavy atom. The standard InChI is InChI=1S/C21H21N3O3S/c1-16-6-3-4-8-20(16)23-28(26,27)19-11-9-18(10-12-19)21(25)24(2)15-17-7-5-13-22-14-17/h3-14,23H,15H2,1-2H3. The summed E-state index contributed by atoms with van der Waals surface area (Å²) in [5, 5.41) is 0. The fourth-order valence-electron chi connectivity index (χ4n) is 2.73. The molecule has 6 nitrogen and oxygen atoms in total. The molecular formula is C21H21N3O3S. The van der Waals surface area contributed by atoms with Crippen molar-refractivity contribution < 1.29 is 13.2 Å². The summed E-state index contributed by atoms with van der Waals surface area (Å²) in [5.74, 6) is -0.195. The number of nitrogens with zero attached hydrogens (tertiary/aromatic N) is 2. The van der Waals surface area contributed by atoms with E-state index < -0.39 is 10.0 Å². The molecule has 1 amide bonds. The lowest BCUT2D eigenvalue weighted by Crippen LogP contribution is -2.26. The number of carbonyl (C=O) groups is 1. The predicted molar refractivity (Wildman–Crippen MR) is 108 cm³/mol. The Labute approximate surface area is 164 Å². The molecule has 0 fully saturated rings. The highest BCUT2D eigenvalue weighted by molar-refractivity contribution is 7.92. The number of aryl methyl sites for hydroxylation is 1. The monoisotopic (exact) mass is 395 g/mol. The van der Waals surface area contributed by atoms with E-state index >= 15 is 0 Å². The summed E-state index contributed by atoms with van der Waals surface area (Å²) in [6, 6.07) is 16.8. The summed E-state index contributed by atoms with van der Waals surface area (Å²) in [4.78, 5) is 18.3. The molecule has 0 saturated carbocycles. The molecule has 0 aliphatic rings. The maximum Gasteiger partial charge on any atom is 0.261 e. The molecule has 0 saturated heterocycles. The van der Waals surface area contributed by atoms with E-state index in [1.807, 2.05) is 31.2 Å². The Balaban J connectivity index is 1.73. The lowest BCUT2D eigenvalue weighted by Gasteiger charge is -2.17. The minimum atomic E-state index is -3.73. The van der Waals surface area contributed by atoms with Gasteiger partial charge in [-0.3, -0.25) is 14.5 Å². The molecule has 0 bridgehead atoms. The van der Waals surface area contributed by atoms with Crippen LogP contribution in [-0.2, 0) is 16.6 Å². The first-order valence-electron chi connectivity index (χ1n) is 8.70. The summed E-state index contributed by atoms with van der Waals surface area (Å²) in [6.45, 7) is 2.25. The molecule has 3 aromatic rings. The zero-order valence-electron chi connectivity index (χ0n) is 15.7. The minimum absolute atomic E-state index is 0.0993. The van der Waals surface area contributed by atoms with Crippen LogP contribution in [0, 0.1) is 6.92 Å². The van der Waals surface area contributed by atoms with Gasteiger partial charge in [0.2, 0.25) is 0 Å². The van der Waals surface area contributed by atoms with Crippen molar-refractivity contribution in [3.8, 4) is 0 Å². The van der Waals surface area contributed by atoms with Crippen LogP contribution in [0.3, 0.4) is 0 Å². The van der Waals surface area contributed by atoms with Crippen LogP contribution in [-0.4, -0.2) is 31.3 Å². The van der Waals surface area contributed by atoms with Gasteiger partial charge in [0, 0.05) is 31.5 Å². The molecule has 144 valence electrons. The third kappa shape index (κ3) is 4.55. The average Bonchev–Trinajstić information content (AvgIpc) is 2.70. The minimum Gasteiger partial charge on any atom is -0.337 e. The molecule has 0 spiro atoms. The second-order valence-corrected chi connectivity index (χ2v) is 8.15. The maximum absolute atomic E-state index is 12.6. The van der Waals surface area contributed by atoms with Crippen molar-refractivity contribution in [2.24, 2.45) is 0 Å². The van der Waals surface area contributed by atoms with Crippen LogP contribution >= 0.6 is 0 Å². The third-order valence-corrected chi connectivity index (χ3v) is 5.67. The van der Waals surface area contributed by atoms with Crippen LogP contribution in [0.4, 0.5) is 5.69 Å². The number of anilines is 1. The number of para-hydroxylation sites is 1. The van der Waals surface area contributed by atoms with Gasteiger partial charge in [-0.25, -0.2) is 8.42 Å². The highest BCUT2D eigenvalue weighted by Gasteiger charge is 2.17. The summed E-state index contributed by atoms with van der Waals surface area (Å²) in [6.07, 6.45) is 3.38. The van der Waals surface area contributed by atoms with Gasteiger partial charge in [0.25, 0.3) is 15.9 Å². The molecular weight excluding hydrogens is 374 g/mol. The molecule has 7 heteroatoms. The van der Waals surface area contributed by atoms with Gasteiger partial charge in [0.1, 0.15) is 0 Å². The van der Waals surface area contributed by atoms with Gasteiger partial charge in [-0.2, -0.15) is 0 Å². The third-order valence-electron chi connectivity index (χ3n) is 4.29. The fourth-order valence-corrected chi connectivity index (χ4v) is 3.86. The second-order valence-electron chi connectivity index (χ2n) is 6.47. The molecule has 3 rings (SSSR count). The quantitative estimate of drug-likeness (QED) is 0.693. The molecule has 0 aliphatic carbocycles. The zero-order valence-corrected chi connectivity index (χ0v) is 16.5. The van der Waals surface area contributed by atoms with Gasteiger partial charge >= 0.3 is 0 Å². The predicted octanol–water partition coefficient (Wildman–Crippen LogP) is 3.46. The summed E-state index contributed by atoms with van der Waals surface area (Å²) in [7, 11) is -2.04. The Morgan fingerprint density at radius 1 is 1.04 bits per heavy atom. The Hall–Kier alpha value is -3.19.